The second kappa shape index (κ2) is 7.94. The molecule has 0 radical (unpaired) electrons. The molecule has 0 unspecified atom stereocenters. The molecule has 0 saturated heterocycles. The Morgan fingerprint density at radius 3 is 2.73 bits per heavy atom. The van der Waals surface area contributed by atoms with E-state index in [2.05, 4.69) is 15.0 Å². The molecule has 2 aromatic carbocycles. The second-order valence-corrected chi connectivity index (χ2v) is 7.28. The normalized spacial score (nSPS) is 11.2. The van der Waals surface area contributed by atoms with Crippen LogP contribution in [0.1, 0.15) is 17.4 Å². The van der Waals surface area contributed by atoms with Crippen LogP contribution in [0.25, 0.3) is 39.1 Å². The summed E-state index contributed by atoms with van der Waals surface area (Å²) in [4.78, 5) is 25.1. The van der Waals surface area contributed by atoms with Crippen molar-refractivity contribution < 1.29 is 18.3 Å². The van der Waals surface area contributed by atoms with Crippen molar-refractivity contribution in [3.05, 3.63) is 78.3 Å². The third kappa shape index (κ3) is 3.53. The average Bonchev–Trinajstić information content (AvgIpc) is 3.25. The summed E-state index contributed by atoms with van der Waals surface area (Å²) in [6.45, 7) is 1.85. The summed E-state index contributed by atoms with van der Waals surface area (Å²) in [6, 6.07) is 12.3. The van der Waals surface area contributed by atoms with Gasteiger partial charge in [-0.2, -0.15) is 0 Å². The third-order valence-electron chi connectivity index (χ3n) is 5.15. The number of aromatic nitrogens is 4. The number of pyridine rings is 1. The van der Waals surface area contributed by atoms with Crippen molar-refractivity contribution in [3.63, 3.8) is 0 Å². The van der Waals surface area contributed by atoms with E-state index in [1.54, 1.807) is 41.7 Å². The molecule has 0 fully saturated rings. The lowest BCUT2D eigenvalue weighted by Crippen LogP contribution is -2.04. The molecule has 0 bridgehead atoms. The fourth-order valence-corrected chi connectivity index (χ4v) is 3.77. The number of imidazole rings is 1. The van der Waals surface area contributed by atoms with Crippen LogP contribution in [0.5, 0.6) is 0 Å². The highest BCUT2D eigenvalue weighted by molar-refractivity contribution is 5.92. The molecule has 0 spiro atoms. The van der Waals surface area contributed by atoms with Crippen LogP contribution in [0, 0.1) is 11.6 Å². The Bertz CT molecular complexity index is 1550. The van der Waals surface area contributed by atoms with Gasteiger partial charge in [0.25, 0.3) is 0 Å². The number of esters is 1. The van der Waals surface area contributed by atoms with Gasteiger partial charge in [-0.1, -0.05) is 18.2 Å². The van der Waals surface area contributed by atoms with E-state index < -0.39 is 17.6 Å². The summed E-state index contributed by atoms with van der Waals surface area (Å²) in [5, 5.41) is 0.563. The number of carbonyl (C=O) groups is 1. The van der Waals surface area contributed by atoms with E-state index in [-0.39, 0.29) is 29.3 Å². The fourth-order valence-electron chi connectivity index (χ4n) is 3.77. The Morgan fingerprint density at radius 1 is 1.09 bits per heavy atom. The largest absolute Gasteiger partial charge is 0.461 e. The number of fused-ring (bicyclic) bond motifs is 2. The lowest BCUT2D eigenvalue weighted by molar-refractivity contribution is 0.0520. The summed E-state index contributed by atoms with van der Waals surface area (Å²) in [5.41, 5.74) is 8.13. The minimum Gasteiger partial charge on any atom is -0.461 e. The smallest absolute Gasteiger partial charge is 0.358 e. The van der Waals surface area contributed by atoms with Crippen molar-refractivity contribution in [2.24, 2.45) is 0 Å². The SMILES string of the molecule is CCOC(=O)c1cn2c(-c3cc(F)c4ncccc4c3)c(-c3cccc(F)c3)nc(N)c2n1. The zero-order chi connectivity index (χ0) is 23.1. The molecule has 0 aliphatic heterocycles. The first kappa shape index (κ1) is 20.5. The minimum absolute atomic E-state index is 0.0194. The van der Waals surface area contributed by atoms with Crippen LogP contribution < -0.4 is 5.73 Å². The summed E-state index contributed by atoms with van der Waals surface area (Å²) in [5.74, 6) is -1.61. The lowest BCUT2D eigenvalue weighted by Gasteiger charge is -2.14. The number of anilines is 1. The number of carbonyl (C=O) groups excluding carboxylic acids is 1. The number of nitrogens with zero attached hydrogens (tertiary/aromatic N) is 4. The van der Waals surface area contributed by atoms with E-state index in [1.165, 1.54) is 30.6 Å². The van der Waals surface area contributed by atoms with Crippen LogP contribution in [-0.4, -0.2) is 31.9 Å². The molecular formula is C24H17F2N5O2. The van der Waals surface area contributed by atoms with Crippen LogP contribution >= 0.6 is 0 Å². The lowest BCUT2D eigenvalue weighted by atomic mass is 10.0. The first-order chi connectivity index (χ1) is 16.0. The number of nitrogens with two attached hydrogens (primary N) is 1. The van der Waals surface area contributed by atoms with Gasteiger partial charge in [0.2, 0.25) is 0 Å². The maximum Gasteiger partial charge on any atom is 0.358 e. The van der Waals surface area contributed by atoms with Crippen LogP contribution in [0.3, 0.4) is 0 Å². The third-order valence-corrected chi connectivity index (χ3v) is 5.15. The molecule has 3 aromatic heterocycles. The number of hydrogen-bond donors (Lipinski definition) is 1. The predicted octanol–water partition coefficient (Wildman–Crippen LogP) is 4.65. The Kier molecular flexibility index (Phi) is 4.93. The van der Waals surface area contributed by atoms with Gasteiger partial charge in [0.05, 0.1) is 18.0 Å². The van der Waals surface area contributed by atoms with E-state index in [4.69, 9.17) is 10.5 Å². The summed E-state index contributed by atoms with van der Waals surface area (Å²) in [6.07, 6.45) is 2.96. The first-order valence-electron chi connectivity index (χ1n) is 10.1. The van der Waals surface area contributed by atoms with E-state index in [9.17, 15) is 13.6 Å². The number of ether oxygens (including phenoxy) is 1. The maximum absolute atomic E-state index is 15.0. The monoisotopic (exact) mass is 445 g/mol. The van der Waals surface area contributed by atoms with Gasteiger partial charge < -0.3 is 10.5 Å². The highest BCUT2D eigenvalue weighted by Gasteiger charge is 2.22. The minimum atomic E-state index is -0.632. The van der Waals surface area contributed by atoms with Gasteiger partial charge in [0.1, 0.15) is 17.2 Å². The van der Waals surface area contributed by atoms with Gasteiger partial charge in [0.15, 0.2) is 17.2 Å². The van der Waals surface area contributed by atoms with Gasteiger partial charge in [-0.3, -0.25) is 9.38 Å². The number of benzene rings is 2. The summed E-state index contributed by atoms with van der Waals surface area (Å²) < 4.78 is 35.6. The van der Waals surface area contributed by atoms with E-state index >= 15 is 0 Å². The van der Waals surface area contributed by atoms with Crippen LogP contribution in [-0.2, 0) is 4.74 Å². The van der Waals surface area contributed by atoms with E-state index in [1.807, 2.05) is 0 Å². The Balaban J connectivity index is 1.87. The molecule has 9 heteroatoms. The summed E-state index contributed by atoms with van der Waals surface area (Å²) in [7, 11) is 0. The second-order valence-electron chi connectivity index (χ2n) is 7.28. The van der Waals surface area contributed by atoms with Gasteiger partial charge in [-0.25, -0.2) is 23.5 Å². The molecule has 3 heterocycles. The van der Waals surface area contributed by atoms with Crippen molar-refractivity contribution in [2.75, 3.05) is 12.3 Å². The number of rotatable bonds is 4. The van der Waals surface area contributed by atoms with Crippen molar-refractivity contribution >= 4 is 28.3 Å². The topological polar surface area (TPSA) is 95.4 Å². The Labute approximate surface area is 186 Å². The maximum atomic E-state index is 15.0. The van der Waals surface area contributed by atoms with E-state index in [0.717, 1.165) is 0 Å². The van der Waals surface area contributed by atoms with Gasteiger partial charge >= 0.3 is 5.97 Å². The fraction of sp³-hybridized carbons (Fsp3) is 0.0833. The Morgan fingerprint density at radius 2 is 1.94 bits per heavy atom. The highest BCUT2D eigenvalue weighted by Crippen LogP contribution is 2.35. The molecule has 0 amide bonds. The van der Waals surface area contributed by atoms with Crippen molar-refractivity contribution in [2.45, 2.75) is 6.92 Å². The summed E-state index contributed by atoms with van der Waals surface area (Å²) >= 11 is 0. The predicted molar refractivity (Wildman–Crippen MR) is 119 cm³/mol. The van der Waals surface area contributed by atoms with Crippen molar-refractivity contribution in [1.29, 1.82) is 0 Å². The Hall–Kier alpha value is -4.40. The number of hydrogen-bond acceptors (Lipinski definition) is 6. The molecule has 5 aromatic rings. The van der Waals surface area contributed by atoms with Crippen molar-refractivity contribution in [1.82, 2.24) is 19.4 Å². The molecule has 7 nitrogen and oxygen atoms in total. The molecule has 2 N–H and O–H groups in total. The van der Waals surface area contributed by atoms with Crippen molar-refractivity contribution in [3.8, 4) is 22.5 Å². The number of halogens is 2. The van der Waals surface area contributed by atoms with Gasteiger partial charge in [-0.15, -0.1) is 0 Å². The molecule has 0 aliphatic carbocycles. The van der Waals surface area contributed by atoms with Crippen LogP contribution in [0.4, 0.5) is 14.6 Å². The first-order valence-corrected chi connectivity index (χ1v) is 10.1. The molecule has 164 valence electrons. The molecule has 0 atom stereocenters. The average molecular weight is 445 g/mol. The molecule has 5 rings (SSSR count). The quantitative estimate of drug-likeness (QED) is 0.405. The molecular weight excluding hydrogens is 428 g/mol. The van der Waals surface area contributed by atoms with E-state index in [0.29, 0.717) is 27.9 Å². The molecule has 0 saturated carbocycles. The van der Waals surface area contributed by atoms with Gasteiger partial charge in [0, 0.05) is 28.9 Å². The zero-order valence-electron chi connectivity index (χ0n) is 17.4. The highest BCUT2D eigenvalue weighted by atomic mass is 19.1. The van der Waals surface area contributed by atoms with Crippen LogP contribution in [0.15, 0.2) is 60.9 Å². The molecule has 0 aliphatic rings. The zero-order valence-corrected chi connectivity index (χ0v) is 17.4. The molecule has 33 heavy (non-hydrogen) atoms. The standard InChI is InChI=1S/C24H17F2N5O2/c1-2-33-24(32)18-12-31-21(15-9-13-6-4-8-28-19(13)17(26)11-15)20(30-22(27)23(31)29-18)14-5-3-7-16(25)10-14/h3-12H,2H2,1H3,(H2,27,30). The van der Waals surface area contributed by atoms with Crippen LogP contribution in [0.2, 0.25) is 0 Å². The number of nitrogen functional groups attached to an aromatic ring is 1. The van der Waals surface area contributed by atoms with Gasteiger partial charge in [-0.05, 0) is 37.3 Å².